The van der Waals surface area contributed by atoms with E-state index in [2.05, 4.69) is 54.6 Å². The zero-order valence-corrected chi connectivity index (χ0v) is 15.8. The third-order valence-corrected chi connectivity index (χ3v) is 4.88. The van der Waals surface area contributed by atoms with E-state index in [4.69, 9.17) is 5.53 Å². The van der Waals surface area contributed by atoms with Gasteiger partial charge in [0.05, 0.1) is 10.7 Å². The minimum atomic E-state index is -0.455. The van der Waals surface area contributed by atoms with E-state index in [0.717, 1.165) is 34.8 Å². The lowest BCUT2D eigenvalue weighted by atomic mass is 9.75. The smallest absolute Gasteiger partial charge is 0.153 e. The molecule has 0 aromatic heterocycles. The summed E-state index contributed by atoms with van der Waals surface area (Å²) >= 11 is 5.57. The van der Waals surface area contributed by atoms with E-state index in [0.29, 0.717) is 11.9 Å². The first-order valence-corrected chi connectivity index (χ1v) is 9.11. The number of rotatable bonds is 9. The highest BCUT2D eigenvalue weighted by Crippen LogP contribution is 2.32. The number of hydrogen-bond acceptors (Lipinski definition) is 2. The van der Waals surface area contributed by atoms with Gasteiger partial charge in [-0.1, -0.05) is 46.0 Å². The number of nitrogens with zero attached hydrogens (tertiary/aromatic N) is 3. The fourth-order valence-electron chi connectivity index (χ4n) is 2.31. The van der Waals surface area contributed by atoms with E-state index >= 15 is 0 Å². The van der Waals surface area contributed by atoms with Gasteiger partial charge in [-0.3, -0.25) is 4.79 Å². The molecule has 0 saturated carbocycles. The van der Waals surface area contributed by atoms with E-state index in [1.54, 1.807) is 0 Å². The standard InChI is InChI=1S/C15H19BrIN3O/c1-15(14(21)11-16,8-3-2-4-9-19-20-18)12-6-5-7-13(17)10-12/h5-7,10H,2-4,8-9,11H2,1H3. The van der Waals surface area contributed by atoms with Crippen LogP contribution in [0, 0.1) is 3.57 Å². The van der Waals surface area contributed by atoms with Crippen molar-refractivity contribution in [1.82, 2.24) is 0 Å². The second-order valence-electron chi connectivity index (χ2n) is 5.16. The van der Waals surface area contributed by atoms with Gasteiger partial charge in [0.1, 0.15) is 0 Å². The predicted octanol–water partition coefficient (Wildman–Crippen LogP) is 5.38. The molecule has 1 rings (SSSR count). The van der Waals surface area contributed by atoms with Crippen molar-refractivity contribution < 1.29 is 4.79 Å². The van der Waals surface area contributed by atoms with Gasteiger partial charge in [-0.2, -0.15) is 0 Å². The number of ketones is 1. The summed E-state index contributed by atoms with van der Waals surface area (Å²) in [4.78, 5) is 15.1. The largest absolute Gasteiger partial charge is 0.298 e. The average Bonchev–Trinajstić information content (AvgIpc) is 2.49. The van der Waals surface area contributed by atoms with Crippen molar-refractivity contribution in [3.05, 3.63) is 43.8 Å². The maximum atomic E-state index is 12.4. The zero-order chi connectivity index (χ0) is 15.7. The summed E-state index contributed by atoms with van der Waals surface area (Å²) in [5.41, 5.74) is 8.86. The molecule has 4 nitrogen and oxygen atoms in total. The molecule has 0 fully saturated rings. The second-order valence-corrected chi connectivity index (χ2v) is 6.97. The molecule has 0 amide bonds. The van der Waals surface area contributed by atoms with Gasteiger partial charge in [-0.05, 0) is 65.6 Å². The summed E-state index contributed by atoms with van der Waals surface area (Å²) in [5, 5.41) is 3.90. The summed E-state index contributed by atoms with van der Waals surface area (Å²) in [5.74, 6) is 0.208. The maximum absolute atomic E-state index is 12.4. The van der Waals surface area contributed by atoms with Crippen LogP contribution in [0.2, 0.25) is 0 Å². The van der Waals surface area contributed by atoms with Gasteiger partial charge in [0, 0.05) is 15.0 Å². The maximum Gasteiger partial charge on any atom is 0.153 e. The highest BCUT2D eigenvalue weighted by Gasteiger charge is 2.33. The molecule has 1 aromatic rings. The van der Waals surface area contributed by atoms with Crippen molar-refractivity contribution in [3.8, 4) is 0 Å². The minimum Gasteiger partial charge on any atom is -0.298 e. The number of carbonyl (C=O) groups excluding carboxylic acids is 1. The summed E-state index contributed by atoms with van der Waals surface area (Å²) in [6, 6.07) is 8.14. The van der Waals surface area contributed by atoms with E-state index < -0.39 is 5.41 Å². The molecule has 0 N–H and O–H groups in total. The summed E-state index contributed by atoms with van der Waals surface area (Å²) in [7, 11) is 0. The molecular formula is C15H19BrIN3O. The summed E-state index contributed by atoms with van der Waals surface area (Å²) in [6.07, 6.45) is 3.60. The van der Waals surface area contributed by atoms with Crippen molar-refractivity contribution in [3.63, 3.8) is 0 Å². The third-order valence-electron chi connectivity index (χ3n) is 3.70. The topological polar surface area (TPSA) is 65.8 Å². The number of benzene rings is 1. The van der Waals surface area contributed by atoms with Gasteiger partial charge in [-0.25, -0.2) is 0 Å². The Kier molecular flexibility index (Phi) is 8.29. The van der Waals surface area contributed by atoms with Crippen LogP contribution >= 0.6 is 38.5 Å². The molecule has 21 heavy (non-hydrogen) atoms. The molecule has 6 heteroatoms. The lowest BCUT2D eigenvalue weighted by molar-refractivity contribution is -0.121. The van der Waals surface area contributed by atoms with E-state index in [-0.39, 0.29) is 5.78 Å². The predicted molar refractivity (Wildman–Crippen MR) is 97.8 cm³/mol. The number of hydrogen-bond donors (Lipinski definition) is 0. The van der Waals surface area contributed by atoms with Crippen LogP contribution in [0.5, 0.6) is 0 Å². The Morgan fingerprint density at radius 3 is 2.81 bits per heavy atom. The number of azide groups is 1. The van der Waals surface area contributed by atoms with Crippen molar-refractivity contribution in [2.75, 3.05) is 11.9 Å². The Hall–Kier alpha value is -0.590. The van der Waals surface area contributed by atoms with Gasteiger partial charge in [0.2, 0.25) is 0 Å². The van der Waals surface area contributed by atoms with Crippen LogP contribution in [0.15, 0.2) is 29.4 Å². The molecule has 0 radical (unpaired) electrons. The molecule has 0 saturated heterocycles. The molecule has 1 aromatic carbocycles. The van der Waals surface area contributed by atoms with Crippen molar-refractivity contribution in [2.24, 2.45) is 5.11 Å². The normalized spacial score (nSPS) is 13.3. The summed E-state index contributed by atoms with van der Waals surface area (Å²) in [6.45, 7) is 2.55. The van der Waals surface area contributed by atoms with Crippen LogP contribution < -0.4 is 0 Å². The zero-order valence-electron chi connectivity index (χ0n) is 12.1. The van der Waals surface area contributed by atoms with Crippen LogP contribution in [-0.4, -0.2) is 17.7 Å². The molecule has 0 aliphatic rings. The Morgan fingerprint density at radius 1 is 1.43 bits per heavy atom. The molecule has 0 bridgehead atoms. The lowest BCUT2D eigenvalue weighted by Gasteiger charge is -2.28. The molecule has 1 atom stereocenters. The average molecular weight is 464 g/mol. The molecule has 0 heterocycles. The fraction of sp³-hybridized carbons (Fsp3) is 0.533. The molecule has 114 valence electrons. The Balaban J connectivity index is 2.75. The monoisotopic (exact) mass is 463 g/mol. The molecule has 1 unspecified atom stereocenters. The van der Waals surface area contributed by atoms with Crippen LogP contribution in [0.4, 0.5) is 0 Å². The van der Waals surface area contributed by atoms with Crippen molar-refractivity contribution in [2.45, 2.75) is 38.0 Å². The van der Waals surface area contributed by atoms with Crippen LogP contribution in [-0.2, 0) is 10.2 Å². The Bertz CT molecular complexity index is 531. The minimum absolute atomic E-state index is 0.208. The summed E-state index contributed by atoms with van der Waals surface area (Å²) < 4.78 is 1.14. The van der Waals surface area contributed by atoms with Crippen LogP contribution in [0.3, 0.4) is 0 Å². The molecular weight excluding hydrogens is 445 g/mol. The van der Waals surface area contributed by atoms with Gasteiger partial charge < -0.3 is 0 Å². The van der Waals surface area contributed by atoms with Gasteiger partial charge >= 0.3 is 0 Å². The van der Waals surface area contributed by atoms with Crippen LogP contribution in [0.1, 0.15) is 38.2 Å². The molecule has 0 aliphatic heterocycles. The number of alkyl halides is 1. The number of carbonyl (C=O) groups is 1. The van der Waals surface area contributed by atoms with Crippen LogP contribution in [0.25, 0.3) is 10.4 Å². The van der Waals surface area contributed by atoms with Gasteiger partial charge in [0.25, 0.3) is 0 Å². The number of halogens is 2. The molecule has 0 spiro atoms. The lowest BCUT2D eigenvalue weighted by Crippen LogP contribution is -2.33. The number of Topliss-reactive ketones (excluding diaryl/α,β-unsaturated/α-hetero) is 1. The highest BCUT2D eigenvalue weighted by molar-refractivity contribution is 14.1. The first-order chi connectivity index (χ1) is 10.0. The first kappa shape index (κ1) is 18.5. The fourth-order valence-corrected chi connectivity index (χ4v) is 3.47. The third kappa shape index (κ3) is 5.60. The van der Waals surface area contributed by atoms with Gasteiger partial charge in [-0.15, -0.1) is 0 Å². The van der Waals surface area contributed by atoms with Crippen molar-refractivity contribution >= 4 is 44.3 Å². The van der Waals surface area contributed by atoms with Crippen molar-refractivity contribution in [1.29, 1.82) is 0 Å². The Morgan fingerprint density at radius 2 is 2.19 bits per heavy atom. The quantitative estimate of drug-likeness (QED) is 0.121. The first-order valence-electron chi connectivity index (χ1n) is 6.91. The highest BCUT2D eigenvalue weighted by atomic mass is 127. The second kappa shape index (κ2) is 9.43. The Labute approximate surface area is 147 Å². The van der Waals surface area contributed by atoms with Gasteiger partial charge in [0.15, 0.2) is 5.78 Å². The van der Waals surface area contributed by atoms with E-state index in [1.807, 2.05) is 25.1 Å². The molecule has 0 aliphatic carbocycles. The SMILES string of the molecule is CC(CCCCCN=[N+]=[N-])(C(=O)CBr)c1cccc(I)c1. The van der Waals surface area contributed by atoms with E-state index in [1.165, 1.54) is 0 Å². The van der Waals surface area contributed by atoms with E-state index in [9.17, 15) is 4.79 Å². The number of unbranched alkanes of at least 4 members (excludes halogenated alkanes) is 2.